The molecule has 2 rings (SSSR count). The van der Waals surface area contributed by atoms with Crippen LogP contribution in [0.15, 0.2) is 24.3 Å². The number of nitrogens with zero attached hydrogens (tertiary/aromatic N) is 1. The van der Waals surface area contributed by atoms with Gasteiger partial charge in [0.2, 0.25) is 0 Å². The minimum absolute atomic E-state index is 0.375. The van der Waals surface area contributed by atoms with Gasteiger partial charge in [0.15, 0.2) is 0 Å². The Morgan fingerprint density at radius 2 is 2.12 bits per heavy atom. The molecule has 1 aromatic carbocycles. The summed E-state index contributed by atoms with van der Waals surface area (Å²) < 4.78 is 5.15. The maximum absolute atomic E-state index is 5.97. The zero-order valence-corrected chi connectivity index (χ0v) is 10.6. The molecule has 3 heteroatoms. The zero-order valence-electron chi connectivity index (χ0n) is 10.6. The molecule has 3 nitrogen and oxygen atoms in total. The van der Waals surface area contributed by atoms with Crippen molar-refractivity contribution in [3.05, 3.63) is 29.8 Å². The SMILES string of the molecule is COc1ccc(CCN2CCC[C@@H](N)C2)cc1. The number of benzene rings is 1. The first-order chi connectivity index (χ1) is 8.28. The van der Waals surface area contributed by atoms with Crippen LogP contribution >= 0.6 is 0 Å². The summed E-state index contributed by atoms with van der Waals surface area (Å²) in [6, 6.07) is 8.71. The Balaban J connectivity index is 1.80. The Kier molecular flexibility index (Phi) is 4.40. The van der Waals surface area contributed by atoms with E-state index in [0.29, 0.717) is 6.04 Å². The lowest BCUT2D eigenvalue weighted by molar-refractivity contribution is 0.211. The van der Waals surface area contributed by atoms with Crippen molar-refractivity contribution in [2.75, 3.05) is 26.7 Å². The summed E-state index contributed by atoms with van der Waals surface area (Å²) in [5.74, 6) is 0.925. The van der Waals surface area contributed by atoms with Crippen LogP contribution < -0.4 is 10.5 Å². The molecule has 0 radical (unpaired) electrons. The molecular weight excluding hydrogens is 212 g/mol. The topological polar surface area (TPSA) is 38.5 Å². The van der Waals surface area contributed by atoms with E-state index in [1.165, 1.54) is 24.9 Å². The molecule has 1 aromatic rings. The summed E-state index contributed by atoms with van der Waals surface area (Å²) in [5.41, 5.74) is 7.34. The van der Waals surface area contributed by atoms with Crippen LogP contribution in [0.25, 0.3) is 0 Å². The number of ether oxygens (including phenoxy) is 1. The van der Waals surface area contributed by atoms with E-state index in [-0.39, 0.29) is 0 Å². The van der Waals surface area contributed by atoms with Crippen LogP contribution in [-0.4, -0.2) is 37.7 Å². The molecule has 17 heavy (non-hydrogen) atoms. The minimum Gasteiger partial charge on any atom is -0.497 e. The minimum atomic E-state index is 0.375. The van der Waals surface area contributed by atoms with Gasteiger partial charge in [0, 0.05) is 19.1 Å². The lowest BCUT2D eigenvalue weighted by atomic mass is 10.1. The lowest BCUT2D eigenvalue weighted by Crippen LogP contribution is -2.43. The van der Waals surface area contributed by atoms with Crippen molar-refractivity contribution in [3.8, 4) is 5.75 Å². The first-order valence-corrected chi connectivity index (χ1v) is 6.39. The predicted molar refractivity (Wildman–Crippen MR) is 70.3 cm³/mol. The summed E-state index contributed by atoms with van der Waals surface area (Å²) in [6.07, 6.45) is 3.51. The summed E-state index contributed by atoms with van der Waals surface area (Å²) in [6.45, 7) is 3.36. The lowest BCUT2D eigenvalue weighted by Gasteiger charge is -2.30. The van der Waals surface area contributed by atoms with Gasteiger partial charge in [0.1, 0.15) is 5.75 Å². The molecule has 0 aromatic heterocycles. The number of hydrogen-bond acceptors (Lipinski definition) is 3. The van der Waals surface area contributed by atoms with Gasteiger partial charge in [-0.2, -0.15) is 0 Å². The summed E-state index contributed by atoms with van der Waals surface area (Å²) in [5, 5.41) is 0. The van der Waals surface area contributed by atoms with Crippen LogP contribution in [0.2, 0.25) is 0 Å². The van der Waals surface area contributed by atoms with E-state index in [2.05, 4.69) is 17.0 Å². The molecule has 0 saturated carbocycles. The Bertz CT molecular complexity index is 337. The fourth-order valence-electron chi connectivity index (χ4n) is 2.37. The number of rotatable bonds is 4. The monoisotopic (exact) mass is 234 g/mol. The summed E-state index contributed by atoms with van der Waals surface area (Å²) >= 11 is 0. The van der Waals surface area contributed by atoms with Gasteiger partial charge in [-0.05, 0) is 43.5 Å². The second-order valence-electron chi connectivity index (χ2n) is 4.80. The molecule has 1 fully saturated rings. The Morgan fingerprint density at radius 1 is 1.35 bits per heavy atom. The van der Waals surface area contributed by atoms with Crippen molar-refractivity contribution in [3.63, 3.8) is 0 Å². The van der Waals surface area contributed by atoms with Crippen molar-refractivity contribution < 1.29 is 4.74 Å². The van der Waals surface area contributed by atoms with Gasteiger partial charge in [-0.3, -0.25) is 0 Å². The van der Waals surface area contributed by atoms with Crippen LogP contribution in [0.1, 0.15) is 18.4 Å². The quantitative estimate of drug-likeness (QED) is 0.861. The summed E-state index contributed by atoms with van der Waals surface area (Å²) in [7, 11) is 1.70. The van der Waals surface area contributed by atoms with Crippen molar-refractivity contribution in [1.29, 1.82) is 0 Å². The number of methoxy groups -OCH3 is 1. The van der Waals surface area contributed by atoms with E-state index in [0.717, 1.165) is 25.3 Å². The Hall–Kier alpha value is -1.06. The van der Waals surface area contributed by atoms with Crippen molar-refractivity contribution in [2.24, 2.45) is 5.73 Å². The van der Waals surface area contributed by atoms with Crippen LogP contribution in [0, 0.1) is 0 Å². The molecule has 0 unspecified atom stereocenters. The molecule has 2 N–H and O–H groups in total. The van der Waals surface area contributed by atoms with Gasteiger partial charge in [-0.25, -0.2) is 0 Å². The summed E-state index contributed by atoms with van der Waals surface area (Å²) in [4.78, 5) is 2.47. The molecule has 0 aliphatic carbocycles. The van der Waals surface area contributed by atoms with E-state index < -0.39 is 0 Å². The highest BCUT2D eigenvalue weighted by atomic mass is 16.5. The molecule has 94 valence electrons. The molecule has 1 atom stereocenters. The number of piperidine rings is 1. The van der Waals surface area contributed by atoms with Crippen LogP contribution in [0.5, 0.6) is 5.75 Å². The first-order valence-electron chi connectivity index (χ1n) is 6.39. The highest BCUT2D eigenvalue weighted by Gasteiger charge is 2.15. The average molecular weight is 234 g/mol. The molecule has 0 amide bonds. The third-order valence-corrected chi connectivity index (χ3v) is 3.42. The predicted octanol–water partition coefficient (Wildman–Crippen LogP) is 1.66. The Morgan fingerprint density at radius 3 is 2.76 bits per heavy atom. The number of likely N-dealkylation sites (tertiary alicyclic amines) is 1. The van der Waals surface area contributed by atoms with Gasteiger partial charge in [0.25, 0.3) is 0 Å². The fourth-order valence-corrected chi connectivity index (χ4v) is 2.37. The smallest absolute Gasteiger partial charge is 0.118 e. The Labute approximate surface area is 104 Å². The zero-order chi connectivity index (χ0) is 12.1. The fraction of sp³-hybridized carbons (Fsp3) is 0.571. The van der Waals surface area contributed by atoms with E-state index in [4.69, 9.17) is 10.5 Å². The maximum atomic E-state index is 5.97. The second-order valence-corrected chi connectivity index (χ2v) is 4.80. The maximum Gasteiger partial charge on any atom is 0.118 e. The first kappa shape index (κ1) is 12.4. The van der Waals surface area contributed by atoms with Crippen LogP contribution in [-0.2, 0) is 6.42 Å². The van der Waals surface area contributed by atoms with Gasteiger partial charge in [0.05, 0.1) is 7.11 Å². The molecule has 1 saturated heterocycles. The highest BCUT2D eigenvalue weighted by Crippen LogP contribution is 2.13. The third kappa shape index (κ3) is 3.72. The van der Waals surface area contributed by atoms with Gasteiger partial charge < -0.3 is 15.4 Å². The molecule has 0 bridgehead atoms. The van der Waals surface area contributed by atoms with Gasteiger partial charge in [-0.1, -0.05) is 12.1 Å². The van der Waals surface area contributed by atoms with Crippen molar-refractivity contribution in [2.45, 2.75) is 25.3 Å². The molecule has 1 aliphatic rings. The number of nitrogens with two attached hydrogens (primary N) is 1. The normalized spacial score (nSPS) is 21.4. The van der Waals surface area contributed by atoms with E-state index >= 15 is 0 Å². The van der Waals surface area contributed by atoms with Crippen LogP contribution in [0.3, 0.4) is 0 Å². The number of hydrogen-bond donors (Lipinski definition) is 1. The molecule has 1 aliphatic heterocycles. The van der Waals surface area contributed by atoms with Crippen molar-refractivity contribution in [1.82, 2.24) is 4.90 Å². The van der Waals surface area contributed by atoms with Crippen molar-refractivity contribution >= 4 is 0 Å². The largest absolute Gasteiger partial charge is 0.497 e. The standard InChI is InChI=1S/C14H22N2O/c1-17-14-6-4-12(5-7-14)8-10-16-9-2-3-13(15)11-16/h4-7,13H,2-3,8-11,15H2,1H3/t13-/m1/s1. The van der Waals surface area contributed by atoms with E-state index in [1.807, 2.05) is 12.1 Å². The van der Waals surface area contributed by atoms with E-state index in [9.17, 15) is 0 Å². The van der Waals surface area contributed by atoms with Gasteiger partial charge >= 0.3 is 0 Å². The van der Waals surface area contributed by atoms with Gasteiger partial charge in [-0.15, -0.1) is 0 Å². The average Bonchev–Trinajstić information content (AvgIpc) is 2.37. The van der Waals surface area contributed by atoms with E-state index in [1.54, 1.807) is 7.11 Å². The molecular formula is C14H22N2O. The second kappa shape index (κ2) is 6.03. The molecule has 1 heterocycles. The van der Waals surface area contributed by atoms with Crippen LogP contribution in [0.4, 0.5) is 0 Å². The highest BCUT2D eigenvalue weighted by molar-refractivity contribution is 5.27. The third-order valence-electron chi connectivity index (χ3n) is 3.42. The molecule has 0 spiro atoms.